The number of thiazole rings is 1. The number of anilines is 1. The molecular formula is C9H8N2O4S. The Morgan fingerprint density at radius 2 is 2.19 bits per heavy atom. The lowest BCUT2D eigenvalue weighted by Crippen LogP contribution is -2.24. The largest absolute Gasteiger partial charge is 0.477 e. The maximum atomic E-state index is 11.4. The van der Waals surface area contributed by atoms with Crippen molar-refractivity contribution >= 4 is 34.1 Å². The van der Waals surface area contributed by atoms with Crippen molar-refractivity contribution in [1.82, 2.24) is 4.98 Å². The molecule has 0 bridgehead atoms. The molecule has 1 saturated heterocycles. The van der Waals surface area contributed by atoms with E-state index in [2.05, 4.69) is 4.98 Å². The summed E-state index contributed by atoms with van der Waals surface area (Å²) in [4.78, 5) is 38.6. The second-order valence-corrected chi connectivity index (χ2v) is 4.39. The lowest BCUT2D eigenvalue weighted by Gasteiger charge is -2.08. The van der Waals surface area contributed by atoms with Crippen LogP contribution in [0.1, 0.15) is 21.8 Å². The van der Waals surface area contributed by atoms with E-state index in [1.54, 1.807) is 6.92 Å². The maximum absolute atomic E-state index is 11.4. The molecule has 1 aliphatic heterocycles. The molecule has 7 heteroatoms. The van der Waals surface area contributed by atoms with Gasteiger partial charge in [0.05, 0.1) is 18.7 Å². The third kappa shape index (κ3) is 1.69. The van der Waals surface area contributed by atoms with Gasteiger partial charge in [-0.1, -0.05) is 11.3 Å². The predicted octanol–water partition coefficient (Wildman–Crippen LogP) is 0.456. The number of carbonyl (C=O) groups excluding carboxylic acids is 2. The Morgan fingerprint density at radius 1 is 1.50 bits per heavy atom. The summed E-state index contributed by atoms with van der Waals surface area (Å²) in [6, 6.07) is 0. The Bertz CT molecular complexity index is 494. The van der Waals surface area contributed by atoms with Gasteiger partial charge in [-0.05, 0) is 6.92 Å². The zero-order chi connectivity index (χ0) is 11.9. The molecule has 6 nitrogen and oxygen atoms in total. The Morgan fingerprint density at radius 3 is 2.62 bits per heavy atom. The van der Waals surface area contributed by atoms with Crippen molar-refractivity contribution in [2.24, 2.45) is 0 Å². The molecule has 16 heavy (non-hydrogen) atoms. The molecule has 0 unspecified atom stereocenters. The minimum Gasteiger partial charge on any atom is -0.477 e. The number of amides is 1. The van der Waals surface area contributed by atoms with Crippen LogP contribution < -0.4 is 4.90 Å². The van der Waals surface area contributed by atoms with E-state index in [1.165, 1.54) is 4.90 Å². The lowest BCUT2D eigenvalue weighted by atomic mass is 10.3. The second-order valence-electron chi connectivity index (χ2n) is 3.41. The van der Waals surface area contributed by atoms with E-state index in [1.807, 2.05) is 0 Å². The van der Waals surface area contributed by atoms with Crippen LogP contribution in [0.25, 0.3) is 0 Å². The number of carboxylic acids is 1. The molecule has 0 saturated carbocycles. The number of carboxylic acid groups (broad SMARTS) is 1. The number of nitrogens with zero attached hydrogens (tertiary/aromatic N) is 2. The molecule has 0 radical (unpaired) electrons. The Hall–Kier alpha value is -1.76. The van der Waals surface area contributed by atoms with E-state index in [-0.39, 0.29) is 34.7 Å². The summed E-state index contributed by atoms with van der Waals surface area (Å²) in [7, 11) is 0. The normalized spacial score (nSPS) is 15.9. The van der Waals surface area contributed by atoms with Gasteiger partial charge in [-0.15, -0.1) is 0 Å². The van der Waals surface area contributed by atoms with E-state index < -0.39 is 5.97 Å². The molecule has 84 valence electrons. The van der Waals surface area contributed by atoms with Crippen LogP contribution in [-0.2, 0) is 9.59 Å². The summed E-state index contributed by atoms with van der Waals surface area (Å²) < 4.78 is 0. The number of aromatic nitrogens is 1. The van der Waals surface area contributed by atoms with Crippen LogP contribution in [-0.4, -0.2) is 34.3 Å². The Kier molecular flexibility index (Phi) is 2.47. The molecule has 0 aromatic carbocycles. The van der Waals surface area contributed by atoms with Gasteiger partial charge in [0.25, 0.3) is 0 Å². The molecule has 2 heterocycles. The second kappa shape index (κ2) is 3.67. The molecule has 1 amide bonds. The molecule has 1 aromatic rings. The van der Waals surface area contributed by atoms with Gasteiger partial charge in [-0.3, -0.25) is 14.5 Å². The van der Waals surface area contributed by atoms with Crippen molar-refractivity contribution in [2.45, 2.75) is 13.3 Å². The van der Waals surface area contributed by atoms with Gasteiger partial charge >= 0.3 is 5.97 Å². The summed E-state index contributed by atoms with van der Waals surface area (Å²) in [6.45, 7) is 1.55. The highest BCUT2D eigenvalue weighted by Crippen LogP contribution is 2.28. The average Bonchev–Trinajstić information content (AvgIpc) is 2.69. The van der Waals surface area contributed by atoms with Gasteiger partial charge in [0.2, 0.25) is 5.91 Å². The third-order valence-electron chi connectivity index (χ3n) is 2.19. The molecule has 2 rings (SSSR count). The summed E-state index contributed by atoms with van der Waals surface area (Å²) in [5.41, 5.74) is 0.361. The first-order valence-electron chi connectivity index (χ1n) is 4.52. The number of aryl methyl sites for hydroxylation is 1. The third-order valence-corrected chi connectivity index (χ3v) is 3.36. The number of ketones is 1. The monoisotopic (exact) mass is 240 g/mol. The zero-order valence-corrected chi connectivity index (χ0v) is 9.21. The number of rotatable bonds is 2. The average molecular weight is 240 g/mol. The van der Waals surface area contributed by atoms with E-state index in [9.17, 15) is 14.4 Å². The van der Waals surface area contributed by atoms with Crippen LogP contribution in [0.2, 0.25) is 0 Å². The van der Waals surface area contributed by atoms with Gasteiger partial charge in [0.15, 0.2) is 10.9 Å². The highest BCUT2D eigenvalue weighted by molar-refractivity contribution is 7.17. The molecule has 0 atom stereocenters. The van der Waals surface area contributed by atoms with Crippen molar-refractivity contribution in [3.63, 3.8) is 0 Å². The summed E-state index contributed by atoms with van der Waals surface area (Å²) >= 11 is 0.913. The standard InChI is InChI=1S/C9H8N2O4S/c1-4-7(8(14)15)16-9(10-4)11-3-5(12)2-6(11)13/h2-3H2,1H3,(H,14,15). The maximum Gasteiger partial charge on any atom is 0.347 e. The smallest absolute Gasteiger partial charge is 0.347 e. The van der Waals surface area contributed by atoms with Crippen LogP contribution in [0.15, 0.2) is 0 Å². The summed E-state index contributed by atoms with van der Waals surface area (Å²) in [5, 5.41) is 9.12. The van der Waals surface area contributed by atoms with Crippen LogP contribution in [0.3, 0.4) is 0 Å². The number of Topliss-reactive ketones (excluding diaryl/α,β-unsaturated/α-hetero) is 1. The Balaban J connectivity index is 2.35. The van der Waals surface area contributed by atoms with Crippen molar-refractivity contribution in [3.05, 3.63) is 10.6 Å². The van der Waals surface area contributed by atoms with Gasteiger partial charge in [0.1, 0.15) is 4.88 Å². The van der Waals surface area contributed by atoms with Crippen LogP contribution in [0.5, 0.6) is 0 Å². The van der Waals surface area contributed by atoms with Gasteiger partial charge < -0.3 is 5.11 Å². The SMILES string of the molecule is Cc1nc(N2CC(=O)CC2=O)sc1C(=O)O. The minimum absolute atomic E-state index is 0.00908. The topological polar surface area (TPSA) is 87.6 Å². The molecule has 1 aliphatic rings. The molecule has 1 aromatic heterocycles. The highest BCUT2D eigenvalue weighted by atomic mass is 32.1. The first-order valence-corrected chi connectivity index (χ1v) is 5.33. The van der Waals surface area contributed by atoms with Crippen LogP contribution >= 0.6 is 11.3 Å². The van der Waals surface area contributed by atoms with E-state index in [0.717, 1.165) is 11.3 Å². The van der Waals surface area contributed by atoms with Crippen molar-refractivity contribution in [3.8, 4) is 0 Å². The fourth-order valence-corrected chi connectivity index (χ4v) is 2.38. The molecule has 1 N–H and O–H groups in total. The molecular weight excluding hydrogens is 232 g/mol. The van der Waals surface area contributed by atoms with Gasteiger partial charge in [0, 0.05) is 0 Å². The molecule has 0 aliphatic carbocycles. The van der Waals surface area contributed by atoms with Gasteiger partial charge in [-0.25, -0.2) is 9.78 Å². The number of hydrogen-bond acceptors (Lipinski definition) is 5. The van der Waals surface area contributed by atoms with Crippen molar-refractivity contribution in [1.29, 1.82) is 0 Å². The Labute approximate surface area is 94.5 Å². The van der Waals surface area contributed by atoms with Crippen molar-refractivity contribution in [2.75, 3.05) is 11.4 Å². The van der Waals surface area contributed by atoms with E-state index >= 15 is 0 Å². The minimum atomic E-state index is -1.07. The number of hydrogen-bond donors (Lipinski definition) is 1. The van der Waals surface area contributed by atoms with Crippen LogP contribution in [0.4, 0.5) is 5.13 Å². The van der Waals surface area contributed by atoms with Crippen LogP contribution in [0, 0.1) is 6.92 Å². The number of aromatic carboxylic acids is 1. The lowest BCUT2D eigenvalue weighted by molar-refractivity contribution is -0.121. The zero-order valence-electron chi connectivity index (χ0n) is 8.39. The van der Waals surface area contributed by atoms with E-state index in [4.69, 9.17) is 5.11 Å². The predicted molar refractivity (Wildman–Crippen MR) is 55.8 cm³/mol. The quantitative estimate of drug-likeness (QED) is 0.758. The fourth-order valence-electron chi connectivity index (χ4n) is 1.45. The highest BCUT2D eigenvalue weighted by Gasteiger charge is 2.31. The first kappa shape index (κ1) is 10.7. The van der Waals surface area contributed by atoms with E-state index in [0.29, 0.717) is 5.69 Å². The van der Waals surface area contributed by atoms with Gasteiger partial charge in [-0.2, -0.15) is 0 Å². The molecule has 0 spiro atoms. The summed E-state index contributed by atoms with van der Waals surface area (Å²) in [6.07, 6.45) is -0.124. The molecule has 1 fully saturated rings. The first-order chi connectivity index (χ1) is 7.49. The number of carbonyl (C=O) groups is 3. The fraction of sp³-hybridized carbons (Fsp3) is 0.333. The summed E-state index contributed by atoms with van der Waals surface area (Å²) in [5.74, 6) is -1.57. The van der Waals surface area contributed by atoms with Crippen molar-refractivity contribution < 1.29 is 19.5 Å².